The summed E-state index contributed by atoms with van der Waals surface area (Å²) in [5.74, 6) is 1.26. The van der Waals surface area contributed by atoms with Crippen molar-refractivity contribution in [2.75, 3.05) is 50.7 Å². The van der Waals surface area contributed by atoms with E-state index in [-0.39, 0.29) is 18.4 Å². The van der Waals surface area contributed by atoms with Gasteiger partial charge >= 0.3 is 5.97 Å². The van der Waals surface area contributed by atoms with Crippen LogP contribution in [-0.2, 0) is 16.1 Å². The Morgan fingerprint density at radius 2 is 1.67 bits per heavy atom. The van der Waals surface area contributed by atoms with E-state index in [1.165, 1.54) is 0 Å². The van der Waals surface area contributed by atoms with Gasteiger partial charge < -0.3 is 20.1 Å². The predicted molar refractivity (Wildman–Crippen MR) is 179 cm³/mol. The van der Waals surface area contributed by atoms with E-state index in [1.807, 2.05) is 24.3 Å². The molecule has 46 heavy (non-hydrogen) atoms. The van der Waals surface area contributed by atoms with Crippen molar-refractivity contribution >= 4 is 41.0 Å². The first kappa shape index (κ1) is 33.8. The number of aromatic nitrogens is 3. The van der Waals surface area contributed by atoms with Gasteiger partial charge in [0.25, 0.3) is 0 Å². The van der Waals surface area contributed by atoms with E-state index in [0.29, 0.717) is 45.7 Å². The molecule has 1 aromatic carbocycles. The maximum absolute atomic E-state index is 11.3. The molecule has 0 bridgehead atoms. The Balaban J connectivity index is 1.25. The van der Waals surface area contributed by atoms with Gasteiger partial charge in [0.2, 0.25) is 17.7 Å². The summed E-state index contributed by atoms with van der Waals surface area (Å²) in [6.45, 7) is 10.1. The Morgan fingerprint density at radius 1 is 1.00 bits per heavy atom. The molecular weight excluding hydrogens is 629 g/mol. The van der Waals surface area contributed by atoms with Crippen LogP contribution in [0, 0.1) is 5.92 Å². The van der Waals surface area contributed by atoms with Crippen molar-refractivity contribution in [3.63, 3.8) is 0 Å². The van der Waals surface area contributed by atoms with Crippen LogP contribution in [0.5, 0.6) is 11.6 Å². The Labute approximate surface area is 279 Å². The monoisotopic (exact) mass is 669 g/mol. The molecule has 0 radical (unpaired) electrons. The first-order valence-corrected chi connectivity index (χ1v) is 16.5. The van der Waals surface area contributed by atoms with Gasteiger partial charge in [-0.2, -0.15) is 0 Å². The number of amides is 1. The Kier molecular flexibility index (Phi) is 11.7. The third-order valence-electron chi connectivity index (χ3n) is 8.61. The van der Waals surface area contributed by atoms with Gasteiger partial charge in [-0.05, 0) is 75.0 Å². The minimum Gasteiger partial charge on any atom is -0.481 e. The molecule has 2 aliphatic heterocycles. The van der Waals surface area contributed by atoms with E-state index in [0.717, 1.165) is 76.3 Å². The lowest BCUT2D eigenvalue weighted by molar-refractivity contribution is -0.137. The highest BCUT2D eigenvalue weighted by atomic mass is 35.5. The molecule has 2 N–H and O–H groups in total. The molecule has 1 unspecified atom stereocenters. The molecule has 0 aliphatic carbocycles. The maximum Gasteiger partial charge on any atom is 0.303 e. The van der Waals surface area contributed by atoms with Crippen molar-refractivity contribution in [2.45, 2.75) is 52.1 Å². The highest BCUT2D eigenvalue weighted by molar-refractivity contribution is 6.35. The number of anilines is 1. The van der Waals surface area contributed by atoms with Crippen LogP contribution in [0.15, 0.2) is 42.7 Å². The molecular formula is C33H41Cl2N7O4. The molecule has 246 valence electrons. The van der Waals surface area contributed by atoms with Crippen LogP contribution in [-0.4, -0.2) is 93.6 Å². The molecule has 1 amide bonds. The minimum atomic E-state index is -0.760. The molecule has 5 rings (SSSR count). The summed E-state index contributed by atoms with van der Waals surface area (Å²) < 4.78 is 6.20. The number of hydrogen-bond donors (Lipinski definition) is 2. The third kappa shape index (κ3) is 9.75. The standard InChI is InChI=1S/C33H41Cl2N7O4/c1-22(3-4-32(44)45)41-9-11-42(12-10-41)33-37-19-29(20-38-33)46-31-14-25(13-30(39-31)26-15-27(34)17-28(35)16-26)21-40-7-5-24(6-8-40)18-36-23(2)43/h13-17,19-20,22,24H,3-12,18,21H2,1-2H3,(H,36,43)(H,44,45). The fraction of sp³-hybridized carbons (Fsp3) is 0.485. The van der Waals surface area contributed by atoms with Crippen LogP contribution in [0.2, 0.25) is 10.0 Å². The molecule has 11 nitrogen and oxygen atoms in total. The molecule has 2 aliphatic rings. The average molecular weight is 671 g/mol. The van der Waals surface area contributed by atoms with Crippen LogP contribution in [0.1, 0.15) is 45.1 Å². The highest BCUT2D eigenvalue weighted by Crippen LogP contribution is 2.31. The van der Waals surface area contributed by atoms with Crippen molar-refractivity contribution in [2.24, 2.45) is 5.92 Å². The second-order valence-corrected chi connectivity index (χ2v) is 13.0. The van der Waals surface area contributed by atoms with Gasteiger partial charge in [-0.1, -0.05) is 23.2 Å². The second-order valence-electron chi connectivity index (χ2n) is 12.1. The summed E-state index contributed by atoms with van der Waals surface area (Å²) in [6, 6.07) is 9.56. The number of likely N-dealkylation sites (tertiary alicyclic amines) is 1. The summed E-state index contributed by atoms with van der Waals surface area (Å²) >= 11 is 12.7. The molecule has 2 saturated heterocycles. The van der Waals surface area contributed by atoms with Crippen LogP contribution >= 0.6 is 23.2 Å². The quantitative estimate of drug-likeness (QED) is 0.260. The summed E-state index contributed by atoms with van der Waals surface area (Å²) in [6.07, 6.45) is 6.18. The number of nitrogens with zero attached hydrogens (tertiary/aromatic N) is 6. The number of nitrogens with one attached hydrogen (secondary N) is 1. The van der Waals surface area contributed by atoms with Gasteiger partial charge in [0.1, 0.15) is 0 Å². The number of piperidine rings is 1. The molecule has 4 heterocycles. The van der Waals surface area contributed by atoms with Crippen molar-refractivity contribution in [3.05, 3.63) is 58.3 Å². The van der Waals surface area contributed by atoms with Crippen molar-refractivity contribution in [3.8, 4) is 22.9 Å². The third-order valence-corrected chi connectivity index (χ3v) is 9.04. The number of pyridine rings is 1. The van der Waals surface area contributed by atoms with Gasteiger partial charge in [-0.15, -0.1) is 0 Å². The minimum absolute atomic E-state index is 0.0136. The molecule has 3 aromatic rings. The van der Waals surface area contributed by atoms with E-state index in [2.05, 4.69) is 36.9 Å². The number of benzene rings is 1. The number of halogens is 2. The van der Waals surface area contributed by atoms with E-state index < -0.39 is 5.97 Å². The van der Waals surface area contributed by atoms with Crippen molar-refractivity contribution < 1.29 is 19.4 Å². The van der Waals surface area contributed by atoms with E-state index in [1.54, 1.807) is 25.4 Å². The SMILES string of the molecule is CC(=O)NCC1CCN(Cc2cc(Oc3cnc(N4CCN(C(C)CCC(=O)O)CC4)nc3)nc(-c3cc(Cl)cc(Cl)c3)c2)CC1. The number of carboxylic acid groups (broad SMARTS) is 1. The molecule has 2 fully saturated rings. The average Bonchev–Trinajstić information content (AvgIpc) is 3.03. The van der Waals surface area contributed by atoms with Crippen molar-refractivity contribution in [1.82, 2.24) is 30.1 Å². The molecule has 2 aromatic heterocycles. The zero-order chi connectivity index (χ0) is 32.6. The fourth-order valence-corrected chi connectivity index (χ4v) is 6.50. The van der Waals surface area contributed by atoms with E-state index in [4.69, 9.17) is 38.0 Å². The fourth-order valence-electron chi connectivity index (χ4n) is 5.97. The number of carboxylic acids is 1. The van der Waals surface area contributed by atoms with Crippen LogP contribution in [0.4, 0.5) is 5.95 Å². The van der Waals surface area contributed by atoms with Gasteiger partial charge in [-0.3, -0.25) is 19.4 Å². The normalized spacial score (nSPS) is 17.1. The largest absolute Gasteiger partial charge is 0.481 e. The smallest absolute Gasteiger partial charge is 0.303 e. The molecule has 1 atom stereocenters. The number of carbonyl (C=O) groups is 2. The number of piperazine rings is 1. The number of rotatable bonds is 12. The highest BCUT2D eigenvalue weighted by Gasteiger charge is 2.24. The summed E-state index contributed by atoms with van der Waals surface area (Å²) in [4.78, 5) is 43.0. The first-order chi connectivity index (χ1) is 22.1. The van der Waals surface area contributed by atoms with Crippen LogP contribution < -0.4 is 15.0 Å². The predicted octanol–water partition coefficient (Wildman–Crippen LogP) is 5.36. The Morgan fingerprint density at radius 3 is 2.30 bits per heavy atom. The topological polar surface area (TPSA) is 124 Å². The summed E-state index contributed by atoms with van der Waals surface area (Å²) in [7, 11) is 0. The number of aliphatic carboxylic acids is 1. The van der Waals surface area contributed by atoms with Gasteiger partial charge in [0.05, 0.1) is 18.1 Å². The second kappa shape index (κ2) is 15.9. The lowest BCUT2D eigenvalue weighted by Gasteiger charge is -2.38. The zero-order valence-corrected chi connectivity index (χ0v) is 27.8. The molecule has 0 saturated carbocycles. The van der Waals surface area contributed by atoms with Crippen molar-refractivity contribution in [1.29, 1.82) is 0 Å². The first-order valence-electron chi connectivity index (χ1n) is 15.8. The number of ether oxygens (including phenoxy) is 1. The van der Waals surface area contributed by atoms with Gasteiger partial charge in [0.15, 0.2) is 5.75 Å². The Hall–Kier alpha value is -3.51. The van der Waals surface area contributed by atoms with E-state index >= 15 is 0 Å². The van der Waals surface area contributed by atoms with E-state index in [9.17, 15) is 9.59 Å². The van der Waals surface area contributed by atoms with Crippen LogP contribution in [0.25, 0.3) is 11.3 Å². The number of carbonyl (C=O) groups excluding carboxylic acids is 1. The number of hydrogen-bond acceptors (Lipinski definition) is 9. The van der Waals surface area contributed by atoms with Crippen LogP contribution in [0.3, 0.4) is 0 Å². The Bertz CT molecular complexity index is 1470. The van der Waals surface area contributed by atoms with Gasteiger partial charge in [-0.25, -0.2) is 15.0 Å². The molecule has 0 spiro atoms. The summed E-state index contributed by atoms with van der Waals surface area (Å²) in [5.41, 5.74) is 2.54. The lowest BCUT2D eigenvalue weighted by atomic mass is 9.96. The maximum atomic E-state index is 11.3. The summed E-state index contributed by atoms with van der Waals surface area (Å²) in [5, 5.41) is 13.0. The van der Waals surface area contributed by atoms with Gasteiger partial charge in [0, 0.05) is 80.3 Å². The molecule has 13 heteroatoms. The lowest BCUT2D eigenvalue weighted by Crippen LogP contribution is -2.50. The zero-order valence-electron chi connectivity index (χ0n) is 26.3.